The average molecular weight is 527 g/mol. The van der Waals surface area contributed by atoms with Crippen LogP contribution >= 0.6 is 23.2 Å². The Morgan fingerprint density at radius 1 is 0.971 bits per heavy atom. The molecule has 1 saturated heterocycles. The Balaban J connectivity index is 2.20. The SMILES string of the molecule is CC(C)(C)[C@H](CS(=O)(=O)C(C)(C)C)N1C(=O)COC(c2cccc(Cl)c2)C1c1ccc(Cl)cc1. The summed E-state index contributed by atoms with van der Waals surface area (Å²) in [5, 5.41) is 1.13. The summed E-state index contributed by atoms with van der Waals surface area (Å²) in [4.78, 5) is 15.2. The zero-order valence-corrected chi connectivity index (χ0v) is 22.8. The van der Waals surface area contributed by atoms with Crippen LogP contribution in [0.25, 0.3) is 0 Å². The molecule has 8 heteroatoms. The molecule has 2 aromatic rings. The van der Waals surface area contributed by atoms with Gasteiger partial charge in [0.05, 0.1) is 22.6 Å². The molecule has 34 heavy (non-hydrogen) atoms. The highest BCUT2D eigenvalue weighted by Gasteiger charge is 2.48. The van der Waals surface area contributed by atoms with E-state index in [-0.39, 0.29) is 18.3 Å². The Kier molecular flexibility index (Phi) is 7.79. The van der Waals surface area contributed by atoms with Crippen molar-refractivity contribution in [3.8, 4) is 0 Å². The molecule has 0 N–H and O–H groups in total. The molecule has 0 saturated carbocycles. The molecule has 0 radical (unpaired) electrons. The van der Waals surface area contributed by atoms with Gasteiger partial charge in [-0.3, -0.25) is 4.79 Å². The Morgan fingerprint density at radius 3 is 2.12 bits per heavy atom. The molecule has 3 rings (SSSR count). The molecule has 3 atom stereocenters. The van der Waals surface area contributed by atoms with Gasteiger partial charge in [-0.05, 0) is 61.6 Å². The van der Waals surface area contributed by atoms with Gasteiger partial charge in [0.1, 0.15) is 12.7 Å². The Bertz CT molecular complexity index is 1130. The van der Waals surface area contributed by atoms with Gasteiger partial charge in [-0.2, -0.15) is 0 Å². The quantitative estimate of drug-likeness (QED) is 0.461. The molecular weight excluding hydrogens is 493 g/mol. The van der Waals surface area contributed by atoms with Crippen LogP contribution in [0, 0.1) is 5.41 Å². The summed E-state index contributed by atoms with van der Waals surface area (Å²) in [5.74, 6) is -0.403. The summed E-state index contributed by atoms with van der Waals surface area (Å²) in [5.41, 5.74) is 1.11. The Morgan fingerprint density at radius 2 is 1.59 bits per heavy atom. The number of hydrogen-bond acceptors (Lipinski definition) is 4. The van der Waals surface area contributed by atoms with Crippen LogP contribution < -0.4 is 0 Å². The molecule has 1 aliphatic rings. The normalized spacial score (nSPS) is 20.9. The van der Waals surface area contributed by atoms with E-state index in [1.54, 1.807) is 43.9 Å². The van der Waals surface area contributed by atoms with Gasteiger partial charge < -0.3 is 9.64 Å². The molecule has 2 unspecified atom stereocenters. The van der Waals surface area contributed by atoms with Crippen molar-refractivity contribution in [1.29, 1.82) is 0 Å². The highest BCUT2D eigenvalue weighted by molar-refractivity contribution is 7.92. The first kappa shape index (κ1) is 27.0. The molecule has 1 aliphatic heterocycles. The van der Waals surface area contributed by atoms with Crippen molar-refractivity contribution in [2.24, 2.45) is 5.41 Å². The summed E-state index contributed by atoms with van der Waals surface area (Å²) in [7, 11) is -3.53. The third-order valence-electron chi connectivity index (χ3n) is 6.30. The van der Waals surface area contributed by atoms with Crippen molar-refractivity contribution < 1.29 is 17.9 Å². The number of benzene rings is 2. The van der Waals surface area contributed by atoms with Crippen molar-refractivity contribution in [2.45, 2.75) is 64.5 Å². The van der Waals surface area contributed by atoms with Crippen LogP contribution in [0.15, 0.2) is 48.5 Å². The highest BCUT2D eigenvalue weighted by atomic mass is 35.5. The van der Waals surface area contributed by atoms with Gasteiger partial charge in [0.15, 0.2) is 9.84 Å². The van der Waals surface area contributed by atoms with Crippen molar-refractivity contribution in [3.63, 3.8) is 0 Å². The maximum Gasteiger partial charge on any atom is 0.249 e. The molecule has 1 amide bonds. The van der Waals surface area contributed by atoms with Gasteiger partial charge >= 0.3 is 0 Å². The van der Waals surface area contributed by atoms with E-state index >= 15 is 0 Å². The molecule has 1 heterocycles. The van der Waals surface area contributed by atoms with Crippen LogP contribution in [-0.4, -0.2) is 42.4 Å². The van der Waals surface area contributed by atoms with Gasteiger partial charge in [0, 0.05) is 10.0 Å². The Hall–Kier alpha value is -1.60. The predicted octanol–water partition coefficient (Wildman–Crippen LogP) is 6.26. The van der Waals surface area contributed by atoms with E-state index in [0.29, 0.717) is 10.0 Å². The molecule has 2 aromatic carbocycles. The lowest BCUT2D eigenvalue weighted by Gasteiger charge is -2.49. The summed E-state index contributed by atoms with van der Waals surface area (Å²) in [6.45, 7) is 10.8. The van der Waals surface area contributed by atoms with E-state index < -0.39 is 38.2 Å². The van der Waals surface area contributed by atoms with E-state index in [1.807, 2.05) is 51.1 Å². The van der Waals surface area contributed by atoms with E-state index in [4.69, 9.17) is 27.9 Å². The van der Waals surface area contributed by atoms with Crippen LogP contribution in [-0.2, 0) is 19.4 Å². The lowest BCUT2D eigenvalue weighted by atomic mass is 9.83. The number of amides is 1. The lowest BCUT2D eigenvalue weighted by Crippen LogP contribution is -2.58. The third kappa shape index (κ3) is 5.78. The van der Waals surface area contributed by atoms with Crippen molar-refractivity contribution >= 4 is 38.9 Å². The predicted molar refractivity (Wildman–Crippen MR) is 138 cm³/mol. The second kappa shape index (κ2) is 9.81. The number of nitrogens with zero attached hydrogens (tertiary/aromatic N) is 1. The van der Waals surface area contributed by atoms with Crippen molar-refractivity contribution in [1.82, 2.24) is 4.90 Å². The van der Waals surface area contributed by atoms with Crippen LogP contribution in [0.3, 0.4) is 0 Å². The molecule has 5 nitrogen and oxygen atoms in total. The number of hydrogen-bond donors (Lipinski definition) is 0. The summed E-state index contributed by atoms with van der Waals surface area (Å²) in [6.07, 6.45) is -0.528. The van der Waals surface area contributed by atoms with Gasteiger partial charge in [0.2, 0.25) is 5.91 Å². The minimum absolute atomic E-state index is 0.149. The smallest absolute Gasteiger partial charge is 0.249 e. The monoisotopic (exact) mass is 525 g/mol. The number of ether oxygens (including phenoxy) is 1. The topological polar surface area (TPSA) is 63.7 Å². The van der Waals surface area contributed by atoms with E-state index in [2.05, 4.69) is 0 Å². The van der Waals surface area contributed by atoms with E-state index in [1.165, 1.54) is 0 Å². The zero-order valence-electron chi connectivity index (χ0n) is 20.5. The van der Waals surface area contributed by atoms with Gasteiger partial charge in [-0.15, -0.1) is 0 Å². The van der Waals surface area contributed by atoms with Gasteiger partial charge in [-0.1, -0.05) is 68.2 Å². The first-order valence-corrected chi connectivity index (χ1v) is 13.7. The largest absolute Gasteiger partial charge is 0.361 e. The summed E-state index contributed by atoms with van der Waals surface area (Å²) < 4.78 is 31.8. The number of carbonyl (C=O) groups excluding carboxylic acids is 1. The number of halogens is 2. The fourth-order valence-corrected chi connectivity index (χ4v) is 6.06. The lowest BCUT2D eigenvalue weighted by molar-refractivity contribution is -0.166. The second-order valence-corrected chi connectivity index (χ2v) is 14.5. The minimum Gasteiger partial charge on any atom is -0.361 e. The third-order valence-corrected chi connectivity index (χ3v) is 9.40. The van der Waals surface area contributed by atoms with Gasteiger partial charge in [0.25, 0.3) is 0 Å². The first-order chi connectivity index (χ1) is 15.6. The summed E-state index contributed by atoms with van der Waals surface area (Å²) >= 11 is 12.4. The standard InChI is InChI=1S/C26H33Cl2NO4S/c1-25(2,3)21(16-34(31,32)26(4,5)6)29-22(30)15-33-24(18-8-7-9-20(28)14-18)23(29)17-10-12-19(27)13-11-17/h7-14,21,23-24H,15-16H2,1-6H3/t21-,23?,24?/m0/s1. The first-order valence-electron chi connectivity index (χ1n) is 11.3. The minimum atomic E-state index is -3.53. The fraction of sp³-hybridized carbons (Fsp3) is 0.500. The van der Waals surface area contributed by atoms with E-state index in [9.17, 15) is 13.2 Å². The van der Waals surface area contributed by atoms with E-state index in [0.717, 1.165) is 11.1 Å². The number of morpholine rings is 1. The van der Waals surface area contributed by atoms with Crippen LogP contribution in [0.4, 0.5) is 0 Å². The molecule has 1 fully saturated rings. The van der Waals surface area contributed by atoms with Crippen LogP contribution in [0.5, 0.6) is 0 Å². The van der Waals surface area contributed by atoms with Crippen LogP contribution in [0.2, 0.25) is 10.0 Å². The molecule has 186 valence electrons. The fourth-order valence-electron chi connectivity index (χ4n) is 4.16. The number of sulfone groups is 1. The van der Waals surface area contributed by atoms with Crippen molar-refractivity contribution in [3.05, 3.63) is 69.7 Å². The molecule has 0 aromatic heterocycles. The average Bonchev–Trinajstić information content (AvgIpc) is 2.71. The van der Waals surface area contributed by atoms with Crippen molar-refractivity contribution in [2.75, 3.05) is 12.4 Å². The molecular formula is C26H33Cl2NO4S. The van der Waals surface area contributed by atoms with Crippen LogP contribution in [0.1, 0.15) is 64.8 Å². The maximum absolute atomic E-state index is 13.5. The number of rotatable bonds is 5. The molecule has 0 bridgehead atoms. The molecule has 0 aliphatic carbocycles. The summed E-state index contributed by atoms with van der Waals surface area (Å²) in [6, 6.07) is 13.4. The zero-order chi connectivity index (χ0) is 25.5. The van der Waals surface area contributed by atoms with Gasteiger partial charge in [-0.25, -0.2) is 8.42 Å². The molecule has 0 spiro atoms. The second-order valence-electron chi connectivity index (χ2n) is 10.9. The number of carbonyl (C=O) groups is 1. The maximum atomic E-state index is 13.5. The highest BCUT2D eigenvalue weighted by Crippen LogP contribution is 2.45. The Labute approximate surface area is 213 Å².